The topological polar surface area (TPSA) is 45.0 Å². The van der Waals surface area contributed by atoms with Crippen LogP contribution >= 0.6 is 0 Å². The summed E-state index contributed by atoms with van der Waals surface area (Å²) >= 11 is 0. The molecule has 15 heavy (non-hydrogen) atoms. The van der Waals surface area contributed by atoms with Crippen LogP contribution in [0.15, 0.2) is 46.3 Å². The van der Waals surface area contributed by atoms with Crippen LogP contribution in [-0.2, 0) is 4.79 Å². The molecule has 0 unspecified atom stereocenters. The van der Waals surface area contributed by atoms with Crippen molar-refractivity contribution in [3.8, 4) is 0 Å². The Hall–Kier alpha value is -1.97. The van der Waals surface area contributed by atoms with Crippen molar-refractivity contribution in [3.05, 3.63) is 36.3 Å². The zero-order chi connectivity index (χ0) is 11.1. The van der Waals surface area contributed by atoms with Crippen molar-refractivity contribution in [1.29, 1.82) is 0 Å². The monoisotopic (exact) mass is 203 g/mol. The maximum absolute atomic E-state index is 11.1. The first kappa shape index (κ1) is 11.1. The second kappa shape index (κ2) is 5.70. The third kappa shape index (κ3) is 3.34. The Morgan fingerprint density at radius 2 is 2.27 bits per heavy atom. The molecule has 1 aliphatic heterocycles. The highest BCUT2D eigenvalue weighted by atomic mass is 16.1. The average molecular weight is 203 g/mol. The van der Waals surface area contributed by atoms with Gasteiger partial charge in [0.25, 0.3) is 5.91 Å². The maximum Gasteiger partial charge on any atom is 0.251 e. The molecule has 0 aromatic heterocycles. The first-order chi connectivity index (χ1) is 7.27. The zero-order valence-electron chi connectivity index (χ0n) is 8.47. The lowest BCUT2D eigenvalue weighted by Crippen LogP contribution is -2.19. The van der Waals surface area contributed by atoms with E-state index in [-0.39, 0.29) is 12.3 Å². The fourth-order valence-electron chi connectivity index (χ4n) is 1.22. The van der Waals surface area contributed by atoms with Gasteiger partial charge in [-0.05, 0) is 19.5 Å². The van der Waals surface area contributed by atoms with Crippen LogP contribution in [0.3, 0.4) is 0 Å². The van der Waals surface area contributed by atoms with Crippen LogP contribution in [0.5, 0.6) is 0 Å². The number of carbonyl (C=O) groups is 1. The Morgan fingerprint density at radius 3 is 2.80 bits per heavy atom. The summed E-state index contributed by atoms with van der Waals surface area (Å²) in [5.41, 5.74) is 0.767. The van der Waals surface area contributed by atoms with E-state index in [9.17, 15) is 4.79 Å². The lowest BCUT2D eigenvalue weighted by Gasteiger charge is -2.22. The third-order valence-electron chi connectivity index (χ3n) is 1.93. The molecule has 0 aromatic rings. The van der Waals surface area contributed by atoms with Gasteiger partial charge in [-0.15, -0.1) is 0 Å². The van der Waals surface area contributed by atoms with Crippen molar-refractivity contribution >= 4 is 19.3 Å². The Labute approximate surface area is 89.0 Å². The summed E-state index contributed by atoms with van der Waals surface area (Å²) in [6.07, 6.45) is 9.47. The van der Waals surface area contributed by atoms with Crippen molar-refractivity contribution < 1.29 is 4.79 Å². The van der Waals surface area contributed by atoms with E-state index >= 15 is 0 Å². The van der Waals surface area contributed by atoms with Gasteiger partial charge in [-0.1, -0.05) is 12.2 Å². The molecule has 1 rings (SSSR count). The zero-order valence-corrected chi connectivity index (χ0v) is 8.47. The first-order valence-corrected chi connectivity index (χ1v) is 4.52. The molecule has 0 fully saturated rings. The van der Waals surface area contributed by atoms with Crippen molar-refractivity contribution in [3.63, 3.8) is 0 Å². The third-order valence-corrected chi connectivity index (χ3v) is 1.93. The normalized spacial score (nSPS) is 15.2. The van der Waals surface area contributed by atoms with Crippen molar-refractivity contribution in [1.82, 2.24) is 4.90 Å². The minimum Gasteiger partial charge on any atom is -0.346 e. The van der Waals surface area contributed by atoms with Crippen LogP contribution in [0, 0.1) is 0 Å². The smallest absolute Gasteiger partial charge is 0.251 e. The quantitative estimate of drug-likeness (QED) is 0.650. The van der Waals surface area contributed by atoms with Crippen LogP contribution in [0.2, 0.25) is 0 Å². The van der Waals surface area contributed by atoms with E-state index in [0.29, 0.717) is 0 Å². The summed E-state index contributed by atoms with van der Waals surface area (Å²) in [5.74, 6) is -0.271. The van der Waals surface area contributed by atoms with Gasteiger partial charge in [-0.3, -0.25) is 9.79 Å². The Morgan fingerprint density at radius 1 is 1.47 bits per heavy atom. The maximum atomic E-state index is 11.1. The summed E-state index contributed by atoms with van der Waals surface area (Å²) in [4.78, 5) is 20.1. The van der Waals surface area contributed by atoms with E-state index in [1.807, 2.05) is 29.3 Å². The molecule has 0 saturated heterocycles. The lowest BCUT2D eigenvalue weighted by atomic mass is 10.2. The molecule has 4 heteroatoms. The largest absolute Gasteiger partial charge is 0.346 e. The number of allylic oxidation sites excluding steroid dienone is 2. The van der Waals surface area contributed by atoms with Gasteiger partial charge in [0.05, 0.1) is 6.42 Å². The highest BCUT2D eigenvalue weighted by molar-refractivity contribution is 5.82. The van der Waals surface area contributed by atoms with E-state index in [1.54, 1.807) is 6.20 Å². The lowest BCUT2D eigenvalue weighted by molar-refractivity contribution is -0.117. The van der Waals surface area contributed by atoms with Gasteiger partial charge in [0.1, 0.15) is 0 Å². The van der Waals surface area contributed by atoms with Crippen LogP contribution in [0.4, 0.5) is 0 Å². The highest BCUT2D eigenvalue weighted by Gasteiger charge is 2.10. The van der Waals surface area contributed by atoms with Gasteiger partial charge in [0.2, 0.25) is 0 Å². The van der Waals surface area contributed by atoms with Crippen LogP contribution in [-0.4, -0.2) is 30.8 Å². The Balaban J connectivity index is 2.74. The fourth-order valence-corrected chi connectivity index (χ4v) is 1.22. The summed E-state index contributed by atoms with van der Waals surface area (Å²) in [6.45, 7) is 7.30. The summed E-state index contributed by atoms with van der Waals surface area (Å²) in [6, 6.07) is 0. The molecular formula is C11H13N3O. The molecule has 0 saturated carbocycles. The van der Waals surface area contributed by atoms with Crippen molar-refractivity contribution in [2.75, 3.05) is 6.54 Å². The van der Waals surface area contributed by atoms with Gasteiger partial charge in [-0.25, -0.2) is 4.99 Å². The van der Waals surface area contributed by atoms with Gasteiger partial charge in [0, 0.05) is 24.6 Å². The molecule has 1 heterocycles. The number of amides is 1. The number of nitrogens with zero attached hydrogens (tertiary/aromatic N) is 3. The second-order valence-corrected chi connectivity index (χ2v) is 2.95. The molecule has 1 amide bonds. The first-order valence-electron chi connectivity index (χ1n) is 4.52. The standard InChI is InChI=1S/C11H13N3O/c1-12-9-10(8-11(15)13-2)14-6-4-3-5-7-14/h3-6,9H,1-2,7-8H2/b10-9-. The van der Waals surface area contributed by atoms with Gasteiger partial charge in [-0.2, -0.15) is 0 Å². The molecule has 0 aliphatic carbocycles. The van der Waals surface area contributed by atoms with Crippen LogP contribution < -0.4 is 0 Å². The van der Waals surface area contributed by atoms with Crippen LogP contribution in [0.1, 0.15) is 6.42 Å². The molecule has 0 bridgehead atoms. The minimum atomic E-state index is -0.271. The number of carbonyl (C=O) groups excluding carboxylic acids is 1. The number of rotatable bonds is 4. The van der Waals surface area contributed by atoms with Crippen molar-refractivity contribution in [2.45, 2.75) is 6.42 Å². The van der Waals surface area contributed by atoms with E-state index < -0.39 is 0 Å². The van der Waals surface area contributed by atoms with E-state index in [2.05, 4.69) is 23.4 Å². The molecule has 0 N–H and O–H groups in total. The number of aliphatic imine (C=N–C) groups is 2. The molecule has 0 radical (unpaired) electrons. The van der Waals surface area contributed by atoms with Gasteiger partial charge < -0.3 is 4.90 Å². The molecule has 1 aliphatic rings. The molecule has 0 atom stereocenters. The van der Waals surface area contributed by atoms with Gasteiger partial charge >= 0.3 is 0 Å². The molecular weight excluding hydrogens is 190 g/mol. The van der Waals surface area contributed by atoms with E-state index in [0.717, 1.165) is 12.2 Å². The average Bonchev–Trinajstić information content (AvgIpc) is 2.29. The molecule has 0 spiro atoms. The SMILES string of the molecule is C=N/C=C(/CC(=O)N=C)N1C=CC=CC1. The van der Waals surface area contributed by atoms with Crippen molar-refractivity contribution in [2.24, 2.45) is 9.98 Å². The van der Waals surface area contributed by atoms with E-state index in [1.165, 1.54) is 0 Å². The highest BCUT2D eigenvalue weighted by Crippen LogP contribution is 2.13. The molecule has 0 aromatic carbocycles. The predicted octanol–water partition coefficient (Wildman–Crippen LogP) is 1.53. The predicted molar refractivity (Wildman–Crippen MR) is 61.8 cm³/mol. The number of hydrogen-bond donors (Lipinski definition) is 0. The van der Waals surface area contributed by atoms with Gasteiger partial charge in [0.15, 0.2) is 0 Å². The molecule has 78 valence electrons. The Kier molecular flexibility index (Phi) is 4.22. The number of hydrogen-bond acceptors (Lipinski definition) is 3. The van der Waals surface area contributed by atoms with E-state index in [4.69, 9.17) is 0 Å². The summed E-state index contributed by atoms with van der Waals surface area (Å²) in [7, 11) is 0. The van der Waals surface area contributed by atoms with Crippen LogP contribution in [0.25, 0.3) is 0 Å². The second-order valence-electron chi connectivity index (χ2n) is 2.95. The minimum absolute atomic E-state index is 0.195. The Bertz CT molecular complexity index is 353. The summed E-state index contributed by atoms with van der Waals surface area (Å²) < 4.78 is 0. The summed E-state index contributed by atoms with van der Waals surface area (Å²) in [5, 5.41) is 0. The fraction of sp³-hybridized carbons (Fsp3) is 0.182. The molecule has 4 nitrogen and oxygen atoms in total.